The SMILES string of the molecule is COC(=O)[C@H](C(C)C)N1c2cc(OC)ccc2C(C)=CC1(C)C. The summed E-state index contributed by atoms with van der Waals surface area (Å²) in [6, 6.07) is 5.66. The summed E-state index contributed by atoms with van der Waals surface area (Å²) < 4.78 is 10.5. The molecule has 0 fully saturated rings. The number of allylic oxidation sites excluding steroid dienone is 1. The van der Waals surface area contributed by atoms with Crippen LogP contribution < -0.4 is 9.64 Å². The molecule has 0 unspecified atom stereocenters. The quantitative estimate of drug-likeness (QED) is 0.790. The molecule has 1 aromatic carbocycles. The van der Waals surface area contributed by atoms with Crippen LogP contribution in [0, 0.1) is 5.92 Å². The van der Waals surface area contributed by atoms with E-state index in [1.807, 2.05) is 26.0 Å². The van der Waals surface area contributed by atoms with E-state index in [9.17, 15) is 4.79 Å². The Balaban J connectivity index is 2.68. The number of methoxy groups -OCH3 is 2. The molecule has 0 bridgehead atoms. The Morgan fingerprint density at radius 3 is 2.39 bits per heavy atom. The fraction of sp³-hybridized carbons (Fsp3) is 0.526. The summed E-state index contributed by atoms with van der Waals surface area (Å²) in [6.07, 6.45) is 2.21. The zero-order valence-electron chi connectivity index (χ0n) is 15.1. The molecule has 0 aliphatic carbocycles. The Hall–Kier alpha value is -1.97. The number of ether oxygens (including phenoxy) is 2. The Kier molecular flexibility index (Phi) is 4.73. The zero-order chi connectivity index (χ0) is 17.4. The third-order valence-electron chi connectivity index (χ3n) is 4.43. The van der Waals surface area contributed by atoms with Crippen LogP contribution in [0.15, 0.2) is 24.3 Å². The van der Waals surface area contributed by atoms with E-state index >= 15 is 0 Å². The maximum atomic E-state index is 12.5. The molecule has 0 saturated heterocycles. The topological polar surface area (TPSA) is 38.8 Å². The van der Waals surface area contributed by atoms with Crippen molar-refractivity contribution in [1.29, 1.82) is 0 Å². The highest BCUT2D eigenvalue weighted by Crippen LogP contribution is 2.43. The predicted molar refractivity (Wildman–Crippen MR) is 93.8 cm³/mol. The minimum atomic E-state index is -0.356. The molecule has 2 rings (SSSR count). The normalized spacial score (nSPS) is 17.4. The van der Waals surface area contributed by atoms with Crippen LogP contribution in [0.2, 0.25) is 0 Å². The number of anilines is 1. The number of esters is 1. The van der Waals surface area contributed by atoms with E-state index < -0.39 is 0 Å². The lowest BCUT2D eigenvalue weighted by Crippen LogP contribution is -2.56. The molecular weight excluding hydrogens is 290 g/mol. The van der Waals surface area contributed by atoms with Crippen LogP contribution >= 0.6 is 0 Å². The van der Waals surface area contributed by atoms with Crippen LogP contribution in [0.3, 0.4) is 0 Å². The molecule has 4 heteroatoms. The lowest BCUT2D eigenvalue weighted by atomic mass is 9.85. The number of fused-ring (bicyclic) bond motifs is 1. The van der Waals surface area contributed by atoms with Crippen molar-refractivity contribution < 1.29 is 14.3 Å². The zero-order valence-corrected chi connectivity index (χ0v) is 15.1. The fourth-order valence-electron chi connectivity index (χ4n) is 3.46. The second-order valence-electron chi connectivity index (χ2n) is 6.95. The summed E-state index contributed by atoms with van der Waals surface area (Å²) in [5, 5.41) is 0. The third-order valence-corrected chi connectivity index (χ3v) is 4.43. The molecule has 4 nitrogen and oxygen atoms in total. The van der Waals surface area contributed by atoms with Gasteiger partial charge in [-0.25, -0.2) is 4.79 Å². The third kappa shape index (κ3) is 3.07. The first-order valence-corrected chi connectivity index (χ1v) is 7.98. The Morgan fingerprint density at radius 2 is 1.87 bits per heavy atom. The number of hydrogen-bond acceptors (Lipinski definition) is 4. The standard InChI is InChI=1S/C19H27NO3/c1-12(2)17(18(21)23-7)20-16-10-14(22-6)8-9-15(16)13(3)11-19(20,4)5/h8-12,17H,1-7H3/t17-/m0/s1. The minimum Gasteiger partial charge on any atom is -0.497 e. The smallest absolute Gasteiger partial charge is 0.328 e. The molecule has 1 heterocycles. The predicted octanol–water partition coefficient (Wildman–Crippen LogP) is 3.89. The molecule has 1 aliphatic rings. The highest BCUT2D eigenvalue weighted by Gasteiger charge is 2.41. The van der Waals surface area contributed by atoms with Gasteiger partial charge in [0.05, 0.1) is 19.8 Å². The van der Waals surface area contributed by atoms with Gasteiger partial charge in [0.1, 0.15) is 11.8 Å². The molecule has 126 valence electrons. The van der Waals surface area contributed by atoms with Crippen molar-refractivity contribution in [2.24, 2.45) is 5.92 Å². The molecule has 0 N–H and O–H groups in total. The first-order chi connectivity index (χ1) is 10.7. The molecule has 23 heavy (non-hydrogen) atoms. The number of carbonyl (C=O) groups excluding carboxylic acids is 1. The van der Waals surface area contributed by atoms with Gasteiger partial charge in [-0.05, 0) is 44.4 Å². The summed E-state index contributed by atoms with van der Waals surface area (Å²) in [5.41, 5.74) is 3.04. The van der Waals surface area contributed by atoms with Crippen LogP contribution in [0.5, 0.6) is 5.75 Å². The van der Waals surface area contributed by atoms with E-state index in [1.165, 1.54) is 12.7 Å². The molecule has 0 spiro atoms. The van der Waals surface area contributed by atoms with Gasteiger partial charge >= 0.3 is 5.97 Å². The molecule has 1 atom stereocenters. The van der Waals surface area contributed by atoms with E-state index in [1.54, 1.807) is 7.11 Å². The van der Waals surface area contributed by atoms with Gasteiger partial charge in [0.25, 0.3) is 0 Å². The molecular formula is C19H27NO3. The number of carbonyl (C=O) groups is 1. The van der Waals surface area contributed by atoms with E-state index in [2.05, 4.69) is 37.8 Å². The summed E-state index contributed by atoms with van der Waals surface area (Å²) in [4.78, 5) is 14.6. The summed E-state index contributed by atoms with van der Waals surface area (Å²) in [7, 11) is 3.10. The maximum absolute atomic E-state index is 12.5. The van der Waals surface area contributed by atoms with Gasteiger partial charge in [-0.3, -0.25) is 0 Å². The monoisotopic (exact) mass is 317 g/mol. The van der Waals surface area contributed by atoms with Crippen LogP contribution in [0.1, 0.15) is 40.2 Å². The van der Waals surface area contributed by atoms with Gasteiger partial charge in [0.2, 0.25) is 0 Å². The molecule has 0 amide bonds. The highest BCUT2D eigenvalue weighted by atomic mass is 16.5. The second kappa shape index (κ2) is 6.26. The van der Waals surface area contributed by atoms with E-state index in [-0.39, 0.29) is 23.5 Å². The number of nitrogens with zero attached hydrogens (tertiary/aromatic N) is 1. The fourth-order valence-corrected chi connectivity index (χ4v) is 3.46. The number of rotatable bonds is 4. The van der Waals surface area contributed by atoms with Gasteiger partial charge in [-0.2, -0.15) is 0 Å². The van der Waals surface area contributed by atoms with Crippen molar-refractivity contribution >= 4 is 17.2 Å². The minimum absolute atomic E-state index is 0.118. The highest BCUT2D eigenvalue weighted by molar-refractivity contribution is 5.88. The second-order valence-corrected chi connectivity index (χ2v) is 6.95. The molecule has 0 radical (unpaired) electrons. The Bertz CT molecular complexity index is 632. The summed E-state index contributed by atoms with van der Waals surface area (Å²) in [6.45, 7) is 10.4. The van der Waals surface area contributed by atoms with Crippen LogP contribution in [0.25, 0.3) is 5.57 Å². The molecule has 0 aromatic heterocycles. The van der Waals surface area contributed by atoms with Crippen molar-refractivity contribution in [3.05, 3.63) is 29.8 Å². The van der Waals surface area contributed by atoms with Crippen molar-refractivity contribution in [2.75, 3.05) is 19.1 Å². The first kappa shape index (κ1) is 17.4. The maximum Gasteiger partial charge on any atom is 0.328 e. The van der Waals surface area contributed by atoms with Gasteiger partial charge in [-0.15, -0.1) is 0 Å². The van der Waals surface area contributed by atoms with Crippen molar-refractivity contribution in [3.8, 4) is 5.75 Å². The Morgan fingerprint density at radius 1 is 1.22 bits per heavy atom. The van der Waals surface area contributed by atoms with E-state index in [0.717, 1.165) is 17.0 Å². The van der Waals surface area contributed by atoms with Gasteiger partial charge in [0, 0.05) is 17.3 Å². The van der Waals surface area contributed by atoms with E-state index in [4.69, 9.17) is 9.47 Å². The van der Waals surface area contributed by atoms with E-state index in [0.29, 0.717) is 0 Å². The summed E-state index contributed by atoms with van der Waals surface area (Å²) >= 11 is 0. The first-order valence-electron chi connectivity index (χ1n) is 7.98. The molecule has 0 saturated carbocycles. The average Bonchev–Trinajstić information content (AvgIpc) is 2.49. The molecule has 1 aromatic rings. The van der Waals surface area contributed by atoms with Gasteiger partial charge < -0.3 is 14.4 Å². The lowest BCUT2D eigenvalue weighted by Gasteiger charge is -2.48. The Labute approximate surface area is 139 Å². The number of benzene rings is 1. The van der Waals surface area contributed by atoms with Gasteiger partial charge in [-0.1, -0.05) is 19.9 Å². The average molecular weight is 317 g/mol. The van der Waals surface area contributed by atoms with Crippen molar-refractivity contribution in [1.82, 2.24) is 0 Å². The summed E-state index contributed by atoms with van der Waals surface area (Å²) in [5.74, 6) is 0.689. The number of hydrogen-bond donors (Lipinski definition) is 0. The largest absolute Gasteiger partial charge is 0.497 e. The van der Waals surface area contributed by atoms with Gasteiger partial charge in [0.15, 0.2) is 0 Å². The lowest BCUT2D eigenvalue weighted by molar-refractivity contribution is -0.143. The molecule has 1 aliphatic heterocycles. The van der Waals surface area contributed by atoms with Crippen molar-refractivity contribution in [2.45, 2.75) is 46.2 Å². The van der Waals surface area contributed by atoms with Crippen LogP contribution in [-0.4, -0.2) is 31.8 Å². The van der Waals surface area contributed by atoms with Crippen LogP contribution in [0.4, 0.5) is 5.69 Å². The van der Waals surface area contributed by atoms with Crippen molar-refractivity contribution in [3.63, 3.8) is 0 Å². The van der Waals surface area contributed by atoms with Crippen LogP contribution in [-0.2, 0) is 9.53 Å².